The molecule has 0 fully saturated rings. The van der Waals surface area contributed by atoms with E-state index in [4.69, 9.17) is 4.74 Å². The van der Waals surface area contributed by atoms with E-state index in [1.165, 1.54) is 28.5 Å². The van der Waals surface area contributed by atoms with Gasteiger partial charge in [-0.25, -0.2) is 0 Å². The zero-order valence-electron chi connectivity index (χ0n) is 12.7. The number of rotatable bonds is 2. The van der Waals surface area contributed by atoms with Gasteiger partial charge in [0.15, 0.2) is 0 Å². The predicted molar refractivity (Wildman–Crippen MR) is 92.1 cm³/mol. The van der Waals surface area contributed by atoms with E-state index in [-0.39, 0.29) is 5.97 Å². The second-order valence-electron chi connectivity index (χ2n) is 5.58. The molecule has 1 aromatic heterocycles. The molecule has 0 bridgehead atoms. The second-order valence-corrected chi connectivity index (χ2v) is 5.58. The van der Waals surface area contributed by atoms with Crippen molar-refractivity contribution < 1.29 is 9.53 Å². The van der Waals surface area contributed by atoms with Crippen molar-refractivity contribution in [2.24, 2.45) is 0 Å². The number of ether oxygens (including phenoxy) is 1. The molecule has 3 heteroatoms. The molecule has 0 aliphatic rings. The molecular weight excluding hydrogens is 286 g/mol. The van der Waals surface area contributed by atoms with Gasteiger partial charge in [0, 0.05) is 35.8 Å². The van der Waals surface area contributed by atoms with Gasteiger partial charge in [0.2, 0.25) is 0 Å². The summed E-state index contributed by atoms with van der Waals surface area (Å²) < 4.78 is 7.15. The first-order chi connectivity index (χ1) is 11.2. The summed E-state index contributed by atoms with van der Waals surface area (Å²) in [4.78, 5) is 11.0. The van der Waals surface area contributed by atoms with Crippen molar-refractivity contribution in [2.45, 2.75) is 6.92 Å². The Kier molecular flexibility index (Phi) is 3.12. The molecule has 3 aromatic carbocycles. The summed E-state index contributed by atoms with van der Waals surface area (Å²) in [5, 5.41) is 4.88. The normalized spacial score (nSPS) is 11.0. The molecule has 0 radical (unpaired) electrons. The Labute approximate surface area is 133 Å². The van der Waals surface area contributed by atoms with Crippen molar-refractivity contribution in [1.82, 2.24) is 4.57 Å². The first-order valence-corrected chi connectivity index (χ1v) is 7.48. The van der Waals surface area contributed by atoms with Crippen LogP contribution in [0.15, 0.2) is 73.1 Å². The average molecular weight is 301 g/mol. The molecule has 4 aromatic rings. The molecule has 0 saturated heterocycles. The molecule has 0 aliphatic carbocycles. The molecule has 1 heterocycles. The Morgan fingerprint density at radius 3 is 1.91 bits per heavy atom. The largest absolute Gasteiger partial charge is 0.427 e. The lowest BCUT2D eigenvalue weighted by Crippen LogP contribution is -2.01. The van der Waals surface area contributed by atoms with Gasteiger partial charge in [-0.3, -0.25) is 4.79 Å². The fourth-order valence-electron chi connectivity index (χ4n) is 2.84. The van der Waals surface area contributed by atoms with Crippen molar-refractivity contribution in [2.75, 3.05) is 0 Å². The van der Waals surface area contributed by atoms with Gasteiger partial charge in [-0.05, 0) is 47.2 Å². The van der Waals surface area contributed by atoms with Gasteiger partial charge in [-0.1, -0.05) is 24.3 Å². The average Bonchev–Trinajstić information content (AvgIpc) is 2.95. The molecule has 3 nitrogen and oxygen atoms in total. The van der Waals surface area contributed by atoms with Gasteiger partial charge in [0.05, 0.1) is 0 Å². The van der Waals surface area contributed by atoms with Crippen LogP contribution in [0.2, 0.25) is 0 Å². The maximum absolute atomic E-state index is 11.0. The topological polar surface area (TPSA) is 31.2 Å². The number of esters is 1. The maximum atomic E-state index is 11.0. The fourth-order valence-corrected chi connectivity index (χ4v) is 2.84. The standard InChI is InChI=1S/C20H15NO2/c1-14(22)23-20-8-6-19(7-9-20)21-12-17-10-15-4-2-3-5-16(15)11-18(17)13-21/h2-13H,1H3. The van der Waals surface area contributed by atoms with Crippen LogP contribution in [0.1, 0.15) is 6.92 Å². The molecule has 4 rings (SSSR count). The Hall–Kier alpha value is -3.07. The highest BCUT2D eigenvalue weighted by atomic mass is 16.5. The highest BCUT2D eigenvalue weighted by Crippen LogP contribution is 2.25. The quantitative estimate of drug-likeness (QED) is 0.396. The molecule has 23 heavy (non-hydrogen) atoms. The SMILES string of the molecule is CC(=O)Oc1ccc(-n2cc3cc4ccccc4cc3c2)cc1. The van der Waals surface area contributed by atoms with Crippen LogP contribution in [0.25, 0.3) is 27.2 Å². The number of hydrogen-bond acceptors (Lipinski definition) is 2. The first-order valence-electron chi connectivity index (χ1n) is 7.48. The fraction of sp³-hybridized carbons (Fsp3) is 0.0500. The number of carbonyl (C=O) groups is 1. The third kappa shape index (κ3) is 2.57. The molecule has 0 spiro atoms. The molecule has 0 unspecified atom stereocenters. The molecule has 0 aliphatic heterocycles. The molecule has 112 valence electrons. The Balaban J connectivity index is 1.76. The minimum Gasteiger partial charge on any atom is -0.427 e. The zero-order chi connectivity index (χ0) is 15.8. The number of nitrogens with zero attached hydrogens (tertiary/aromatic N) is 1. The van der Waals surface area contributed by atoms with E-state index in [0.29, 0.717) is 5.75 Å². The van der Waals surface area contributed by atoms with Crippen molar-refractivity contribution in [3.05, 3.63) is 73.1 Å². The summed E-state index contributed by atoms with van der Waals surface area (Å²) in [6, 6.07) is 20.3. The maximum Gasteiger partial charge on any atom is 0.308 e. The van der Waals surface area contributed by atoms with Crippen LogP contribution >= 0.6 is 0 Å². The molecule has 0 N–H and O–H groups in total. The van der Waals surface area contributed by atoms with Gasteiger partial charge in [-0.2, -0.15) is 0 Å². The lowest BCUT2D eigenvalue weighted by atomic mass is 10.1. The molecule has 0 atom stereocenters. The molecule has 0 amide bonds. The van der Waals surface area contributed by atoms with Crippen LogP contribution < -0.4 is 4.74 Å². The number of benzene rings is 3. The van der Waals surface area contributed by atoms with Crippen LogP contribution in [0, 0.1) is 0 Å². The van der Waals surface area contributed by atoms with Crippen LogP contribution in [-0.4, -0.2) is 10.5 Å². The van der Waals surface area contributed by atoms with Crippen molar-refractivity contribution in [3.63, 3.8) is 0 Å². The lowest BCUT2D eigenvalue weighted by molar-refractivity contribution is -0.131. The molecular formula is C20H15NO2. The minimum absolute atomic E-state index is 0.309. The summed E-state index contributed by atoms with van der Waals surface area (Å²) in [5.41, 5.74) is 1.03. The number of carbonyl (C=O) groups excluding carboxylic acids is 1. The summed E-state index contributed by atoms with van der Waals surface area (Å²) in [7, 11) is 0. The van der Waals surface area contributed by atoms with Crippen LogP contribution in [0.3, 0.4) is 0 Å². The summed E-state index contributed by atoms with van der Waals surface area (Å²) in [6.45, 7) is 1.40. The van der Waals surface area contributed by atoms with E-state index in [0.717, 1.165) is 5.69 Å². The number of hydrogen-bond donors (Lipinski definition) is 0. The summed E-state index contributed by atoms with van der Waals surface area (Å²) in [5.74, 6) is 0.250. The van der Waals surface area contributed by atoms with Crippen molar-refractivity contribution in [3.8, 4) is 11.4 Å². The Bertz CT molecular complexity index is 960. The van der Waals surface area contributed by atoms with E-state index >= 15 is 0 Å². The van der Waals surface area contributed by atoms with Crippen LogP contribution in [0.5, 0.6) is 5.75 Å². The van der Waals surface area contributed by atoms with Gasteiger partial charge in [0.25, 0.3) is 0 Å². The van der Waals surface area contributed by atoms with Gasteiger partial charge in [-0.15, -0.1) is 0 Å². The van der Waals surface area contributed by atoms with E-state index < -0.39 is 0 Å². The van der Waals surface area contributed by atoms with Crippen molar-refractivity contribution >= 4 is 27.5 Å². The van der Waals surface area contributed by atoms with Crippen LogP contribution in [0.4, 0.5) is 0 Å². The highest BCUT2D eigenvalue weighted by molar-refractivity contribution is 5.98. The van der Waals surface area contributed by atoms with E-state index in [1.54, 1.807) is 12.1 Å². The first kappa shape index (κ1) is 13.6. The lowest BCUT2D eigenvalue weighted by Gasteiger charge is -2.04. The Morgan fingerprint density at radius 2 is 1.39 bits per heavy atom. The number of fused-ring (bicyclic) bond motifs is 2. The van der Waals surface area contributed by atoms with Crippen molar-refractivity contribution in [1.29, 1.82) is 0 Å². The smallest absolute Gasteiger partial charge is 0.308 e. The zero-order valence-corrected chi connectivity index (χ0v) is 12.7. The molecule has 0 saturated carbocycles. The van der Waals surface area contributed by atoms with Gasteiger partial charge >= 0.3 is 5.97 Å². The van der Waals surface area contributed by atoms with Crippen LogP contribution in [-0.2, 0) is 4.79 Å². The van der Waals surface area contributed by atoms with Gasteiger partial charge in [0.1, 0.15) is 5.75 Å². The number of aromatic nitrogens is 1. The predicted octanol–water partition coefficient (Wildman–Crippen LogP) is 4.71. The third-order valence-electron chi connectivity index (χ3n) is 3.90. The van der Waals surface area contributed by atoms with E-state index in [9.17, 15) is 4.79 Å². The summed E-state index contributed by atoms with van der Waals surface area (Å²) >= 11 is 0. The van der Waals surface area contributed by atoms with Gasteiger partial charge < -0.3 is 9.30 Å². The second kappa shape index (κ2) is 5.29. The third-order valence-corrected chi connectivity index (χ3v) is 3.90. The highest BCUT2D eigenvalue weighted by Gasteiger charge is 2.04. The monoisotopic (exact) mass is 301 g/mol. The minimum atomic E-state index is -0.309. The summed E-state index contributed by atoms with van der Waals surface area (Å²) in [6.07, 6.45) is 4.23. The van der Waals surface area contributed by atoms with E-state index in [1.807, 2.05) is 12.1 Å². The Morgan fingerprint density at radius 1 is 0.826 bits per heavy atom. The van der Waals surface area contributed by atoms with E-state index in [2.05, 4.69) is 53.4 Å².